The summed E-state index contributed by atoms with van der Waals surface area (Å²) in [7, 11) is 0. The van der Waals surface area contributed by atoms with Crippen LogP contribution in [0.25, 0.3) is 0 Å². The number of rotatable bonds is 3. The number of carbonyl (C=O) groups is 1. The Hall–Kier alpha value is -1.31. The van der Waals surface area contributed by atoms with Gasteiger partial charge in [0, 0.05) is 20.2 Å². The van der Waals surface area contributed by atoms with E-state index in [2.05, 4.69) is 42.5 Å². The Kier molecular flexibility index (Phi) is 5.66. The van der Waals surface area contributed by atoms with Crippen molar-refractivity contribution in [3.63, 3.8) is 0 Å². The van der Waals surface area contributed by atoms with Crippen molar-refractivity contribution in [3.05, 3.63) is 56.7 Å². The molecule has 2 aromatic carbocycles. The Morgan fingerprint density at radius 3 is 2.55 bits per heavy atom. The number of carbonyl (C=O) groups excluding carboxylic acids is 1. The minimum absolute atomic E-state index is 0.0378. The molecule has 0 atom stereocenters. The maximum atomic E-state index is 13.9. The second-order valence-electron chi connectivity index (χ2n) is 4.46. The van der Waals surface area contributed by atoms with E-state index in [0.717, 1.165) is 0 Å². The molecule has 0 spiro atoms. The van der Waals surface area contributed by atoms with Crippen molar-refractivity contribution in [3.8, 4) is 0 Å². The largest absolute Gasteiger partial charge is 0.332 e. The topological polar surface area (TPSA) is 41.1 Å². The van der Waals surface area contributed by atoms with E-state index < -0.39 is 5.82 Å². The fourth-order valence-corrected chi connectivity index (χ4v) is 3.25. The smallest absolute Gasteiger partial charge is 0.175 e. The van der Waals surface area contributed by atoms with E-state index in [1.165, 1.54) is 13.0 Å². The van der Waals surface area contributed by atoms with Crippen molar-refractivity contribution in [1.29, 1.82) is 0 Å². The highest BCUT2D eigenvalue weighted by atomic mass is 79.9. The summed E-state index contributed by atoms with van der Waals surface area (Å²) in [6, 6.07) is 9.97. The molecule has 7 heteroatoms. The van der Waals surface area contributed by atoms with Crippen LogP contribution in [0.3, 0.4) is 0 Å². The van der Waals surface area contributed by atoms with Crippen LogP contribution >= 0.6 is 44.1 Å². The first-order valence-electron chi connectivity index (χ1n) is 6.20. The molecule has 0 bridgehead atoms. The Morgan fingerprint density at radius 2 is 1.91 bits per heavy atom. The van der Waals surface area contributed by atoms with E-state index in [-0.39, 0.29) is 16.6 Å². The van der Waals surface area contributed by atoms with Crippen molar-refractivity contribution >= 4 is 66.3 Å². The molecule has 0 aliphatic carbocycles. The number of hydrogen-bond donors (Lipinski definition) is 2. The molecule has 2 rings (SSSR count). The standard InChI is InChI=1S/C15H11Br2FN2OS/c1-8(21)9-3-2-4-11(5-9)19-15(22)20-14-12(17)6-10(16)7-13(14)18/h2-7H,1H3,(H2,19,20,22). The normalized spacial score (nSPS) is 10.2. The van der Waals surface area contributed by atoms with Crippen LogP contribution in [-0.2, 0) is 0 Å². The number of hydrogen-bond acceptors (Lipinski definition) is 2. The van der Waals surface area contributed by atoms with Crippen LogP contribution in [0.2, 0.25) is 0 Å². The van der Waals surface area contributed by atoms with Crippen molar-refractivity contribution < 1.29 is 9.18 Å². The predicted octanol–water partition coefficient (Wildman–Crippen LogP) is 5.36. The minimum Gasteiger partial charge on any atom is -0.332 e. The maximum Gasteiger partial charge on any atom is 0.175 e. The fourth-order valence-electron chi connectivity index (χ4n) is 1.75. The first-order valence-corrected chi connectivity index (χ1v) is 8.20. The molecule has 0 aromatic heterocycles. The predicted molar refractivity (Wildman–Crippen MR) is 98.1 cm³/mol. The van der Waals surface area contributed by atoms with Crippen molar-refractivity contribution in [2.75, 3.05) is 10.6 Å². The van der Waals surface area contributed by atoms with Crippen molar-refractivity contribution in [2.45, 2.75) is 6.92 Å². The Balaban J connectivity index is 2.14. The third kappa shape index (κ3) is 4.34. The molecule has 0 amide bonds. The third-order valence-electron chi connectivity index (χ3n) is 2.77. The van der Waals surface area contributed by atoms with E-state index in [0.29, 0.717) is 20.2 Å². The second kappa shape index (κ2) is 7.30. The van der Waals surface area contributed by atoms with Gasteiger partial charge in [-0.1, -0.05) is 28.1 Å². The van der Waals surface area contributed by atoms with E-state index in [1.807, 2.05) is 0 Å². The number of ketones is 1. The zero-order valence-corrected chi connectivity index (χ0v) is 15.4. The highest BCUT2D eigenvalue weighted by Gasteiger charge is 2.10. The number of halogens is 3. The van der Waals surface area contributed by atoms with Gasteiger partial charge in [-0.05, 0) is 59.3 Å². The van der Waals surface area contributed by atoms with Gasteiger partial charge in [0.15, 0.2) is 10.9 Å². The van der Waals surface area contributed by atoms with Gasteiger partial charge in [-0.15, -0.1) is 0 Å². The van der Waals surface area contributed by atoms with Gasteiger partial charge in [-0.3, -0.25) is 4.79 Å². The molecular weight excluding hydrogens is 435 g/mol. The molecular formula is C15H11Br2FN2OS. The quantitative estimate of drug-likeness (QED) is 0.492. The number of nitrogens with one attached hydrogen (secondary N) is 2. The molecule has 114 valence electrons. The Bertz CT molecular complexity index is 729. The molecule has 0 aliphatic heterocycles. The lowest BCUT2D eigenvalue weighted by atomic mass is 10.1. The summed E-state index contributed by atoms with van der Waals surface area (Å²) in [5, 5.41) is 5.94. The van der Waals surface area contributed by atoms with Gasteiger partial charge in [0.1, 0.15) is 5.82 Å². The van der Waals surface area contributed by atoms with E-state index >= 15 is 0 Å². The molecule has 0 heterocycles. The Morgan fingerprint density at radius 1 is 1.18 bits per heavy atom. The lowest BCUT2D eigenvalue weighted by molar-refractivity contribution is 0.101. The zero-order chi connectivity index (χ0) is 16.3. The summed E-state index contributed by atoms with van der Waals surface area (Å²) >= 11 is 11.7. The lowest BCUT2D eigenvalue weighted by Crippen LogP contribution is -2.20. The Labute approximate surface area is 149 Å². The fraction of sp³-hybridized carbons (Fsp3) is 0.0667. The second-order valence-corrected chi connectivity index (χ2v) is 6.64. The highest BCUT2D eigenvalue weighted by Crippen LogP contribution is 2.29. The maximum absolute atomic E-state index is 13.9. The number of thiocarbonyl (C=S) groups is 1. The van der Waals surface area contributed by atoms with E-state index in [9.17, 15) is 9.18 Å². The van der Waals surface area contributed by atoms with Crippen LogP contribution < -0.4 is 10.6 Å². The van der Waals surface area contributed by atoms with Gasteiger partial charge in [-0.2, -0.15) is 0 Å². The number of benzene rings is 2. The van der Waals surface area contributed by atoms with E-state index in [4.69, 9.17) is 12.2 Å². The monoisotopic (exact) mass is 444 g/mol. The van der Waals surface area contributed by atoms with Gasteiger partial charge in [0.05, 0.1) is 5.69 Å². The van der Waals surface area contributed by atoms with Gasteiger partial charge >= 0.3 is 0 Å². The van der Waals surface area contributed by atoms with Crippen LogP contribution in [0.1, 0.15) is 17.3 Å². The summed E-state index contributed by atoms with van der Waals surface area (Å²) in [5.74, 6) is -0.480. The van der Waals surface area contributed by atoms with Crippen LogP contribution in [0.5, 0.6) is 0 Å². The van der Waals surface area contributed by atoms with Gasteiger partial charge in [-0.25, -0.2) is 4.39 Å². The highest BCUT2D eigenvalue weighted by molar-refractivity contribution is 9.11. The molecule has 0 aliphatic rings. The zero-order valence-electron chi connectivity index (χ0n) is 11.4. The lowest BCUT2D eigenvalue weighted by Gasteiger charge is -2.13. The molecule has 2 aromatic rings. The van der Waals surface area contributed by atoms with Crippen LogP contribution in [0.15, 0.2) is 45.3 Å². The van der Waals surface area contributed by atoms with Crippen LogP contribution in [0.4, 0.5) is 15.8 Å². The van der Waals surface area contributed by atoms with E-state index in [1.54, 1.807) is 30.3 Å². The molecule has 3 nitrogen and oxygen atoms in total. The van der Waals surface area contributed by atoms with Gasteiger partial charge in [0.2, 0.25) is 0 Å². The van der Waals surface area contributed by atoms with Crippen LogP contribution in [-0.4, -0.2) is 10.9 Å². The first-order chi connectivity index (χ1) is 10.4. The molecule has 2 N–H and O–H groups in total. The summed E-state index contributed by atoms with van der Waals surface area (Å²) in [4.78, 5) is 11.4. The van der Waals surface area contributed by atoms with Crippen molar-refractivity contribution in [1.82, 2.24) is 0 Å². The summed E-state index contributed by atoms with van der Waals surface area (Å²) in [6.45, 7) is 1.49. The van der Waals surface area contributed by atoms with Gasteiger partial charge in [0.25, 0.3) is 0 Å². The van der Waals surface area contributed by atoms with Crippen molar-refractivity contribution in [2.24, 2.45) is 0 Å². The first kappa shape index (κ1) is 17.1. The number of Topliss-reactive ketones (excluding diaryl/α,β-unsaturated/α-hetero) is 1. The number of anilines is 2. The average molecular weight is 446 g/mol. The summed E-state index contributed by atoms with van der Waals surface area (Å²) in [6.07, 6.45) is 0. The average Bonchev–Trinajstić information content (AvgIpc) is 2.43. The third-order valence-corrected chi connectivity index (χ3v) is 4.06. The molecule has 0 fully saturated rings. The molecule has 0 unspecified atom stereocenters. The SMILES string of the molecule is CC(=O)c1cccc(NC(=S)Nc2c(F)cc(Br)cc2Br)c1. The van der Waals surface area contributed by atoms with Gasteiger partial charge < -0.3 is 10.6 Å². The molecule has 22 heavy (non-hydrogen) atoms. The minimum atomic E-state index is -0.442. The molecule has 0 saturated carbocycles. The van der Waals surface area contributed by atoms with Crippen LogP contribution in [0, 0.1) is 5.82 Å². The molecule has 0 saturated heterocycles. The summed E-state index contributed by atoms with van der Waals surface area (Å²) in [5.41, 5.74) is 1.46. The summed E-state index contributed by atoms with van der Waals surface area (Å²) < 4.78 is 15.1. The molecule has 0 radical (unpaired) electrons.